The van der Waals surface area contributed by atoms with E-state index in [9.17, 15) is 38.0 Å². The number of non-ortho nitro benzene ring substituents is 1. The summed E-state index contributed by atoms with van der Waals surface area (Å²) in [5, 5.41) is 23.6. The number of nitro groups is 2. The molecule has 1 N–H and O–H groups in total. The number of nitrogens with zero attached hydrogens (tertiary/aromatic N) is 2. The molecular weight excluding hydrogens is 468 g/mol. The van der Waals surface area contributed by atoms with Crippen LogP contribution in [0.2, 0.25) is 0 Å². The molecule has 0 amide bonds. The van der Waals surface area contributed by atoms with E-state index in [0.29, 0.717) is 17.0 Å². The zero-order valence-corrected chi connectivity index (χ0v) is 18.0. The van der Waals surface area contributed by atoms with Crippen molar-refractivity contribution in [2.45, 2.75) is 11.8 Å². The molecule has 171 valence electrons. The van der Waals surface area contributed by atoms with Crippen LogP contribution in [-0.2, 0) is 10.1 Å². The number of rotatable bonds is 5. The lowest BCUT2D eigenvalue weighted by Crippen LogP contribution is -2.04. The lowest BCUT2D eigenvalue weighted by atomic mass is 9.92. The fourth-order valence-corrected chi connectivity index (χ4v) is 4.39. The van der Waals surface area contributed by atoms with Gasteiger partial charge >= 0.3 is 5.63 Å². The van der Waals surface area contributed by atoms with E-state index in [1.54, 1.807) is 13.0 Å². The molecule has 0 fully saturated rings. The van der Waals surface area contributed by atoms with E-state index in [1.165, 1.54) is 24.3 Å². The van der Waals surface area contributed by atoms with E-state index in [4.69, 9.17) is 4.42 Å². The van der Waals surface area contributed by atoms with Gasteiger partial charge in [0.1, 0.15) is 10.5 Å². The number of hydrogen-bond acceptors (Lipinski definition) is 8. The van der Waals surface area contributed by atoms with Gasteiger partial charge in [0.25, 0.3) is 21.5 Å². The van der Waals surface area contributed by atoms with Crippen LogP contribution in [-0.4, -0.2) is 22.8 Å². The lowest BCUT2D eigenvalue weighted by molar-refractivity contribution is -0.385. The van der Waals surface area contributed by atoms with Crippen LogP contribution in [0.3, 0.4) is 0 Å². The van der Waals surface area contributed by atoms with Gasteiger partial charge in [0.05, 0.1) is 15.4 Å². The van der Waals surface area contributed by atoms with Crippen molar-refractivity contribution in [2.75, 3.05) is 0 Å². The van der Waals surface area contributed by atoms with Crippen LogP contribution in [0.5, 0.6) is 0 Å². The Bertz CT molecular complexity index is 1670. The zero-order chi connectivity index (χ0) is 24.8. The molecule has 0 spiro atoms. The molecule has 4 aromatic rings. The van der Waals surface area contributed by atoms with Gasteiger partial charge in [-0.3, -0.25) is 24.8 Å². The van der Waals surface area contributed by atoms with Gasteiger partial charge in [-0.1, -0.05) is 12.1 Å². The van der Waals surface area contributed by atoms with Gasteiger partial charge in [-0.05, 0) is 42.3 Å². The molecule has 11 nitrogen and oxygen atoms in total. The van der Waals surface area contributed by atoms with Crippen LogP contribution in [0.15, 0.2) is 68.7 Å². The van der Waals surface area contributed by atoms with Gasteiger partial charge < -0.3 is 4.42 Å². The maximum Gasteiger partial charge on any atom is 0.336 e. The van der Waals surface area contributed by atoms with E-state index in [-0.39, 0.29) is 27.8 Å². The van der Waals surface area contributed by atoms with E-state index in [1.807, 2.05) is 0 Å². The maximum atomic E-state index is 12.1. The van der Waals surface area contributed by atoms with Gasteiger partial charge in [0.15, 0.2) is 0 Å². The standard InChI is InChI=1S/C22H13N2O9S/c1-12-9-21(25)33-19-10-13(5-7-15(12)19)22-17(3-2-4-18(22)24(28)29)16-8-6-14(23(26)27)11-20(16)34(30,31)32/h2,4-11H,1H3,(H,30,31,32). The SMILES string of the molecule is Cc1cc(=O)oc2cc(-c3c(-c4ccc([N+](=O)[O-])cc4S(=O)(=O)O)[c]ccc3[N+](=O)[O-])ccc12. The van der Waals surface area contributed by atoms with Crippen molar-refractivity contribution < 1.29 is 27.2 Å². The fraction of sp³-hybridized carbons (Fsp3) is 0.0455. The van der Waals surface area contributed by atoms with Gasteiger partial charge in [-0.15, -0.1) is 0 Å². The molecule has 1 radical (unpaired) electrons. The molecule has 1 heterocycles. The molecule has 0 aliphatic heterocycles. The Hall–Kier alpha value is -4.42. The van der Waals surface area contributed by atoms with Crippen LogP contribution < -0.4 is 5.63 Å². The highest BCUT2D eigenvalue weighted by Crippen LogP contribution is 2.42. The smallest absolute Gasteiger partial charge is 0.336 e. The molecule has 12 heteroatoms. The summed E-state index contributed by atoms with van der Waals surface area (Å²) in [6, 6.07) is 13.6. The Balaban J connectivity index is 2.10. The highest BCUT2D eigenvalue weighted by molar-refractivity contribution is 7.86. The molecule has 0 unspecified atom stereocenters. The van der Waals surface area contributed by atoms with E-state index < -0.39 is 41.9 Å². The average Bonchev–Trinajstić information content (AvgIpc) is 2.77. The Morgan fingerprint density at radius 1 is 1.00 bits per heavy atom. The number of aryl methyl sites for hydroxylation is 1. The molecule has 0 saturated heterocycles. The largest absolute Gasteiger partial charge is 0.423 e. The molecule has 0 atom stereocenters. The highest BCUT2D eigenvalue weighted by Gasteiger charge is 2.27. The molecule has 4 rings (SSSR count). The number of hydrogen-bond donors (Lipinski definition) is 1. The van der Waals surface area contributed by atoms with Crippen LogP contribution >= 0.6 is 0 Å². The lowest BCUT2D eigenvalue weighted by Gasteiger charge is -2.13. The summed E-state index contributed by atoms with van der Waals surface area (Å²) < 4.78 is 39.1. The minimum absolute atomic E-state index is 0.0858. The summed E-state index contributed by atoms with van der Waals surface area (Å²) in [5.41, 5.74) is -1.13. The normalized spacial score (nSPS) is 11.5. The van der Waals surface area contributed by atoms with Crippen molar-refractivity contribution in [1.29, 1.82) is 0 Å². The Morgan fingerprint density at radius 3 is 2.38 bits per heavy atom. The Morgan fingerprint density at radius 2 is 1.74 bits per heavy atom. The molecule has 0 bridgehead atoms. The van der Waals surface area contributed by atoms with Crippen LogP contribution in [0, 0.1) is 33.2 Å². The topological polar surface area (TPSA) is 171 Å². The van der Waals surface area contributed by atoms with Gasteiger partial charge in [0, 0.05) is 40.8 Å². The van der Waals surface area contributed by atoms with Gasteiger partial charge in [0.2, 0.25) is 0 Å². The first-order valence-corrected chi connectivity index (χ1v) is 10.9. The molecule has 1 aromatic heterocycles. The van der Waals surface area contributed by atoms with Crippen LogP contribution in [0.4, 0.5) is 11.4 Å². The van der Waals surface area contributed by atoms with Crippen LogP contribution in [0.25, 0.3) is 33.2 Å². The van der Waals surface area contributed by atoms with Crippen molar-refractivity contribution in [1.82, 2.24) is 0 Å². The second-order valence-corrected chi connectivity index (χ2v) is 8.63. The summed E-state index contributed by atoms with van der Waals surface area (Å²) in [4.78, 5) is 32.4. The highest BCUT2D eigenvalue weighted by atomic mass is 32.2. The van der Waals surface area contributed by atoms with Crippen LogP contribution in [0.1, 0.15) is 5.56 Å². The van der Waals surface area contributed by atoms with Crippen molar-refractivity contribution >= 4 is 32.5 Å². The third-order valence-corrected chi connectivity index (χ3v) is 6.03. The molecule has 0 aliphatic carbocycles. The quantitative estimate of drug-likeness (QED) is 0.189. The number of nitro benzene ring substituents is 2. The third kappa shape index (κ3) is 4.02. The molecule has 3 aromatic carbocycles. The number of benzene rings is 3. The summed E-state index contributed by atoms with van der Waals surface area (Å²) in [7, 11) is -4.97. The first kappa shape index (κ1) is 22.8. The van der Waals surface area contributed by atoms with Gasteiger partial charge in [-0.25, -0.2) is 4.79 Å². The molecule has 0 aliphatic rings. The van der Waals surface area contributed by atoms with Crippen molar-refractivity contribution in [3.8, 4) is 22.3 Å². The van der Waals surface area contributed by atoms with Crippen molar-refractivity contribution in [3.05, 3.63) is 96.9 Å². The molecule has 34 heavy (non-hydrogen) atoms. The second kappa shape index (κ2) is 8.17. The molecule has 0 saturated carbocycles. The third-order valence-electron chi connectivity index (χ3n) is 5.14. The second-order valence-electron chi connectivity index (χ2n) is 7.24. The van der Waals surface area contributed by atoms with Crippen molar-refractivity contribution in [2.24, 2.45) is 0 Å². The van der Waals surface area contributed by atoms with Gasteiger partial charge in [-0.2, -0.15) is 8.42 Å². The predicted molar refractivity (Wildman–Crippen MR) is 120 cm³/mol. The monoisotopic (exact) mass is 481 g/mol. The van der Waals surface area contributed by atoms with E-state index in [0.717, 1.165) is 18.2 Å². The first-order chi connectivity index (χ1) is 16.0. The van der Waals surface area contributed by atoms with E-state index in [2.05, 4.69) is 6.07 Å². The maximum absolute atomic E-state index is 12.1. The Kier molecular flexibility index (Phi) is 5.47. The number of fused-ring (bicyclic) bond motifs is 1. The summed E-state index contributed by atoms with van der Waals surface area (Å²) >= 11 is 0. The Labute approximate surface area is 190 Å². The van der Waals surface area contributed by atoms with Crippen molar-refractivity contribution in [3.63, 3.8) is 0 Å². The zero-order valence-electron chi connectivity index (χ0n) is 17.2. The predicted octanol–water partition coefficient (Wildman–Crippen LogP) is 4.30. The molecular formula is C22H13N2O9S. The van der Waals surface area contributed by atoms with E-state index >= 15 is 0 Å². The summed E-state index contributed by atoms with van der Waals surface area (Å²) in [6.07, 6.45) is 0. The average molecular weight is 481 g/mol. The summed E-state index contributed by atoms with van der Waals surface area (Å²) in [5.74, 6) is 0. The minimum Gasteiger partial charge on any atom is -0.423 e. The minimum atomic E-state index is -4.97. The first-order valence-electron chi connectivity index (χ1n) is 9.47. The fourth-order valence-electron chi connectivity index (χ4n) is 3.67. The summed E-state index contributed by atoms with van der Waals surface area (Å²) in [6.45, 7) is 1.69.